The minimum Gasteiger partial charge on any atom is -0.326 e. The first-order valence-electron chi connectivity index (χ1n) is 9.03. The molecule has 3 rings (SSSR count). The lowest BCUT2D eigenvalue weighted by Gasteiger charge is -2.29. The van der Waals surface area contributed by atoms with Crippen molar-refractivity contribution in [1.29, 1.82) is 0 Å². The zero-order chi connectivity index (χ0) is 23.1. The van der Waals surface area contributed by atoms with Crippen LogP contribution in [0.2, 0.25) is 0 Å². The number of amides is 2. The summed E-state index contributed by atoms with van der Waals surface area (Å²) in [4.78, 5) is 29.8. The molecular weight excluding hydrogens is 429 g/mol. The van der Waals surface area contributed by atoms with E-state index in [1.807, 2.05) is 0 Å². The van der Waals surface area contributed by atoms with Gasteiger partial charge in [-0.1, -0.05) is 6.07 Å². The van der Waals surface area contributed by atoms with Gasteiger partial charge in [-0.25, -0.2) is 4.85 Å². The van der Waals surface area contributed by atoms with Crippen molar-refractivity contribution in [3.8, 4) is 0 Å². The van der Waals surface area contributed by atoms with Gasteiger partial charge in [-0.05, 0) is 62.5 Å². The van der Waals surface area contributed by atoms with Gasteiger partial charge in [0.2, 0.25) is 5.91 Å². The summed E-state index contributed by atoms with van der Waals surface area (Å²) in [6.45, 7) is 11.6. The van der Waals surface area contributed by atoms with Crippen molar-refractivity contribution < 1.29 is 22.8 Å². The maximum atomic E-state index is 13.4. The molecule has 2 amide bonds. The van der Waals surface area contributed by atoms with Crippen LogP contribution in [-0.2, 0) is 15.8 Å². The third kappa shape index (κ3) is 3.96. The molecule has 0 bridgehead atoms. The Bertz CT molecular complexity index is 1120. The lowest BCUT2D eigenvalue weighted by molar-refractivity contribution is -0.136. The molecule has 2 aromatic carbocycles. The van der Waals surface area contributed by atoms with Gasteiger partial charge in [-0.15, -0.1) is 0 Å². The molecule has 1 saturated heterocycles. The molecule has 1 N–H and O–H groups in total. The van der Waals surface area contributed by atoms with E-state index in [0.717, 1.165) is 17.0 Å². The summed E-state index contributed by atoms with van der Waals surface area (Å²) in [7, 11) is 0. The summed E-state index contributed by atoms with van der Waals surface area (Å²) in [5, 5.41) is 2.64. The maximum Gasteiger partial charge on any atom is 0.407 e. The first-order chi connectivity index (χ1) is 14.4. The quantitative estimate of drug-likeness (QED) is 0.525. The second kappa shape index (κ2) is 7.67. The number of hydrogen-bond acceptors (Lipinski definition) is 3. The highest BCUT2D eigenvalue weighted by atomic mass is 32.1. The highest BCUT2D eigenvalue weighted by Crippen LogP contribution is 2.42. The van der Waals surface area contributed by atoms with Crippen molar-refractivity contribution in [3.63, 3.8) is 0 Å². The largest absolute Gasteiger partial charge is 0.407 e. The van der Waals surface area contributed by atoms with Crippen LogP contribution in [0.1, 0.15) is 26.3 Å². The number of alkyl halides is 3. The lowest BCUT2D eigenvalue weighted by Crippen LogP contribution is -2.44. The van der Waals surface area contributed by atoms with E-state index >= 15 is 0 Å². The van der Waals surface area contributed by atoms with Crippen LogP contribution in [-0.4, -0.2) is 22.5 Å². The number of hydrogen-bond donors (Lipinski definition) is 1. The summed E-state index contributed by atoms with van der Waals surface area (Å²) in [6, 6.07) is 9.63. The number of thiocarbonyl (C=S) groups is 1. The van der Waals surface area contributed by atoms with Crippen molar-refractivity contribution in [2.24, 2.45) is 0 Å². The second-order valence-electron chi connectivity index (χ2n) is 7.36. The number of rotatable bonds is 3. The second-order valence-corrected chi connectivity index (χ2v) is 7.72. The first-order valence-corrected chi connectivity index (χ1v) is 9.44. The van der Waals surface area contributed by atoms with E-state index in [1.54, 1.807) is 38.1 Å². The Morgan fingerprint density at radius 1 is 1.13 bits per heavy atom. The van der Waals surface area contributed by atoms with Crippen LogP contribution in [0.25, 0.3) is 4.85 Å². The lowest BCUT2D eigenvalue weighted by atomic mass is 10.0. The van der Waals surface area contributed by atoms with Gasteiger partial charge in [-0.3, -0.25) is 14.5 Å². The summed E-state index contributed by atoms with van der Waals surface area (Å²) < 4.78 is 40.2. The zero-order valence-corrected chi connectivity index (χ0v) is 17.6. The Hall–Kier alpha value is -3.45. The SMILES string of the molecule is [C-]#[N+]c1ccc(N2C(=O)C(C)(C)N(c3ccc(NC(C)=O)cc3)C2=S)cc1C(F)(F)F. The molecular formula is C21H17F3N4O2S. The smallest absolute Gasteiger partial charge is 0.326 e. The van der Waals surface area contributed by atoms with E-state index < -0.39 is 28.9 Å². The Labute approximate surface area is 182 Å². The molecule has 1 aliphatic heterocycles. The number of carbonyl (C=O) groups excluding carboxylic acids is 2. The van der Waals surface area contributed by atoms with Crippen LogP contribution in [0.4, 0.5) is 35.9 Å². The summed E-state index contributed by atoms with van der Waals surface area (Å²) in [6.07, 6.45) is -4.75. The Kier molecular flexibility index (Phi) is 5.50. The summed E-state index contributed by atoms with van der Waals surface area (Å²) in [5.74, 6) is -0.749. The number of anilines is 3. The van der Waals surface area contributed by atoms with E-state index in [0.29, 0.717) is 11.4 Å². The molecule has 0 spiro atoms. The minimum absolute atomic E-state index is 0.00552. The van der Waals surface area contributed by atoms with Crippen LogP contribution in [0.3, 0.4) is 0 Å². The van der Waals surface area contributed by atoms with Gasteiger partial charge in [0.05, 0.1) is 12.1 Å². The topological polar surface area (TPSA) is 57.0 Å². The predicted octanol–water partition coefficient (Wildman–Crippen LogP) is 5.13. The molecule has 2 aromatic rings. The van der Waals surface area contributed by atoms with Gasteiger partial charge in [0.25, 0.3) is 5.91 Å². The van der Waals surface area contributed by atoms with Crippen LogP contribution in [0, 0.1) is 6.57 Å². The minimum atomic E-state index is -4.75. The Balaban J connectivity index is 2.04. The van der Waals surface area contributed by atoms with Crippen molar-refractivity contribution >= 4 is 51.9 Å². The molecule has 0 radical (unpaired) electrons. The van der Waals surface area contributed by atoms with E-state index in [2.05, 4.69) is 10.2 Å². The van der Waals surface area contributed by atoms with Crippen LogP contribution < -0.4 is 15.1 Å². The van der Waals surface area contributed by atoms with E-state index in [-0.39, 0.29) is 16.7 Å². The van der Waals surface area contributed by atoms with E-state index in [9.17, 15) is 22.8 Å². The third-order valence-corrected chi connectivity index (χ3v) is 5.14. The average molecular weight is 446 g/mol. The van der Waals surface area contributed by atoms with Crippen LogP contribution in [0.5, 0.6) is 0 Å². The molecule has 10 heteroatoms. The molecule has 1 aliphatic rings. The van der Waals surface area contributed by atoms with Gasteiger partial charge in [0.15, 0.2) is 10.8 Å². The third-order valence-electron chi connectivity index (χ3n) is 4.78. The molecule has 31 heavy (non-hydrogen) atoms. The number of benzene rings is 2. The predicted molar refractivity (Wildman–Crippen MR) is 115 cm³/mol. The molecule has 0 unspecified atom stereocenters. The fourth-order valence-electron chi connectivity index (χ4n) is 3.34. The normalized spacial score (nSPS) is 15.8. The fourth-order valence-corrected chi connectivity index (χ4v) is 3.86. The average Bonchev–Trinajstić information content (AvgIpc) is 2.85. The van der Waals surface area contributed by atoms with Crippen LogP contribution in [0.15, 0.2) is 42.5 Å². The molecule has 0 aromatic heterocycles. The van der Waals surface area contributed by atoms with Gasteiger partial charge < -0.3 is 10.2 Å². The monoisotopic (exact) mass is 446 g/mol. The number of nitrogens with one attached hydrogen (secondary N) is 1. The van der Waals surface area contributed by atoms with Gasteiger partial charge in [0, 0.05) is 24.0 Å². The highest BCUT2D eigenvalue weighted by Gasteiger charge is 2.50. The van der Waals surface area contributed by atoms with Crippen LogP contribution >= 0.6 is 12.2 Å². The van der Waals surface area contributed by atoms with E-state index in [1.165, 1.54) is 17.9 Å². The van der Waals surface area contributed by atoms with Crippen molar-refractivity contribution in [1.82, 2.24) is 0 Å². The highest BCUT2D eigenvalue weighted by molar-refractivity contribution is 7.81. The van der Waals surface area contributed by atoms with Crippen molar-refractivity contribution in [3.05, 3.63) is 59.4 Å². The molecule has 0 saturated carbocycles. The Morgan fingerprint density at radius 3 is 2.23 bits per heavy atom. The van der Waals surface area contributed by atoms with Crippen molar-refractivity contribution in [2.75, 3.05) is 15.1 Å². The van der Waals surface area contributed by atoms with Gasteiger partial charge >= 0.3 is 6.18 Å². The fraction of sp³-hybridized carbons (Fsp3) is 0.238. The van der Waals surface area contributed by atoms with Gasteiger partial charge in [-0.2, -0.15) is 13.2 Å². The number of nitrogens with zero attached hydrogens (tertiary/aromatic N) is 3. The molecule has 0 aliphatic carbocycles. The Morgan fingerprint density at radius 2 is 1.71 bits per heavy atom. The standard InChI is InChI=1S/C21H17F3N4O2S/c1-12(29)26-13-5-7-14(8-6-13)28-19(31)27(18(30)20(28,2)3)15-9-10-17(25-4)16(11-15)21(22,23)24/h5-11H,1-3H3,(H,26,29). The maximum absolute atomic E-state index is 13.4. The molecule has 1 fully saturated rings. The molecule has 6 nitrogen and oxygen atoms in total. The van der Waals surface area contributed by atoms with Gasteiger partial charge in [0.1, 0.15) is 5.54 Å². The molecule has 1 heterocycles. The number of halogens is 3. The molecule has 160 valence electrons. The van der Waals surface area contributed by atoms with E-state index in [4.69, 9.17) is 18.8 Å². The first kappa shape index (κ1) is 22.2. The summed E-state index contributed by atoms with van der Waals surface area (Å²) in [5.41, 5.74) is -1.85. The zero-order valence-electron chi connectivity index (χ0n) is 16.7. The molecule has 0 atom stereocenters. The summed E-state index contributed by atoms with van der Waals surface area (Å²) >= 11 is 5.47. The van der Waals surface area contributed by atoms with Crippen molar-refractivity contribution in [2.45, 2.75) is 32.5 Å². The number of carbonyl (C=O) groups is 2.